The third-order valence-corrected chi connectivity index (χ3v) is 2.81. The smallest absolute Gasteiger partial charge is 0.0316 e. The van der Waals surface area contributed by atoms with E-state index < -0.39 is 0 Å². The molecule has 1 aromatic rings. The third-order valence-electron chi connectivity index (χ3n) is 2.81. The van der Waals surface area contributed by atoms with Crippen LogP contribution in [0.25, 0.3) is 6.08 Å². The van der Waals surface area contributed by atoms with Crippen molar-refractivity contribution >= 4 is 6.08 Å². The average molecular weight is 199 g/mol. The van der Waals surface area contributed by atoms with E-state index in [4.69, 9.17) is 0 Å². The van der Waals surface area contributed by atoms with Crippen LogP contribution in [0, 0.1) is 0 Å². The van der Waals surface area contributed by atoms with Crippen LogP contribution >= 0.6 is 0 Å². The number of benzene rings is 1. The quantitative estimate of drug-likeness (QED) is 0.662. The van der Waals surface area contributed by atoms with Gasteiger partial charge in [-0.3, -0.25) is 4.90 Å². The number of hydrogen-bond donors (Lipinski definition) is 0. The minimum absolute atomic E-state index is 0.551. The van der Waals surface area contributed by atoms with Gasteiger partial charge in [0, 0.05) is 12.6 Å². The van der Waals surface area contributed by atoms with Gasteiger partial charge in [0.2, 0.25) is 0 Å². The van der Waals surface area contributed by atoms with Crippen LogP contribution in [-0.2, 0) is 0 Å². The molecule has 0 aliphatic carbocycles. The lowest BCUT2D eigenvalue weighted by Crippen LogP contribution is -2.32. The Morgan fingerprint density at radius 2 is 2.00 bits per heavy atom. The monoisotopic (exact) mass is 199 g/mol. The van der Waals surface area contributed by atoms with Crippen molar-refractivity contribution in [3.63, 3.8) is 0 Å². The van der Waals surface area contributed by atoms with Gasteiger partial charge in [-0.2, -0.15) is 0 Å². The van der Waals surface area contributed by atoms with Crippen LogP contribution in [-0.4, -0.2) is 24.5 Å². The van der Waals surface area contributed by atoms with Gasteiger partial charge in [0.1, 0.15) is 0 Å². The van der Waals surface area contributed by atoms with E-state index >= 15 is 0 Å². The van der Waals surface area contributed by atoms with Crippen molar-refractivity contribution in [3.8, 4) is 0 Å². The Hall–Kier alpha value is -1.34. The Labute approximate surface area is 91.7 Å². The summed E-state index contributed by atoms with van der Waals surface area (Å²) in [6, 6.07) is 11.0. The maximum absolute atomic E-state index is 2.36. The van der Waals surface area contributed by atoms with E-state index in [1.165, 1.54) is 5.56 Å². The van der Waals surface area contributed by atoms with Crippen molar-refractivity contribution in [2.24, 2.45) is 0 Å². The Bertz CT molecular complexity index is 351. The van der Waals surface area contributed by atoms with Gasteiger partial charge >= 0.3 is 0 Å². The van der Waals surface area contributed by atoms with Gasteiger partial charge in [-0.25, -0.2) is 0 Å². The zero-order valence-electron chi connectivity index (χ0n) is 9.13. The van der Waals surface area contributed by atoms with Gasteiger partial charge in [0.05, 0.1) is 0 Å². The summed E-state index contributed by atoms with van der Waals surface area (Å²) in [7, 11) is 2.17. The third kappa shape index (κ3) is 2.80. The SMILES string of the molecule is CN1CC=CC[C@@H]1/C=C/c1ccccc1. The molecule has 0 fully saturated rings. The van der Waals surface area contributed by atoms with Gasteiger partial charge < -0.3 is 0 Å². The summed E-state index contributed by atoms with van der Waals surface area (Å²) in [6.45, 7) is 1.06. The predicted octanol–water partition coefficient (Wildman–Crippen LogP) is 2.96. The van der Waals surface area contributed by atoms with Crippen LogP contribution < -0.4 is 0 Å². The molecule has 2 rings (SSSR count). The van der Waals surface area contributed by atoms with E-state index in [9.17, 15) is 0 Å². The molecule has 0 bridgehead atoms. The van der Waals surface area contributed by atoms with Crippen molar-refractivity contribution < 1.29 is 0 Å². The molecule has 15 heavy (non-hydrogen) atoms. The fourth-order valence-corrected chi connectivity index (χ4v) is 1.80. The van der Waals surface area contributed by atoms with Crippen molar-refractivity contribution in [3.05, 3.63) is 54.1 Å². The summed E-state index contributed by atoms with van der Waals surface area (Å²) >= 11 is 0. The van der Waals surface area contributed by atoms with Crippen molar-refractivity contribution in [2.45, 2.75) is 12.5 Å². The first-order chi connectivity index (χ1) is 7.36. The molecule has 0 saturated heterocycles. The highest BCUT2D eigenvalue weighted by Gasteiger charge is 2.11. The largest absolute Gasteiger partial charge is 0.296 e. The molecular weight excluding hydrogens is 182 g/mol. The fraction of sp³-hybridized carbons (Fsp3) is 0.286. The van der Waals surface area contributed by atoms with E-state index in [0.717, 1.165) is 13.0 Å². The fourth-order valence-electron chi connectivity index (χ4n) is 1.80. The maximum Gasteiger partial charge on any atom is 0.0316 e. The number of hydrogen-bond acceptors (Lipinski definition) is 1. The minimum Gasteiger partial charge on any atom is -0.296 e. The second-order valence-corrected chi connectivity index (χ2v) is 3.98. The molecule has 78 valence electrons. The molecule has 0 saturated carbocycles. The normalized spacial score (nSPS) is 22.3. The van der Waals surface area contributed by atoms with Gasteiger partial charge in [-0.05, 0) is 19.0 Å². The molecule has 0 radical (unpaired) electrons. The molecule has 1 aromatic carbocycles. The predicted molar refractivity (Wildman–Crippen MR) is 65.7 cm³/mol. The highest BCUT2D eigenvalue weighted by Crippen LogP contribution is 2.12. The maximum atomic E-state index is 2.36. The first kappa shape index (κ1) is 10.2. The molecule has 1 atom stereocenters. The molecule has 0 unspecified atom stereocenters. The number of nitrogens with zero attached hydrogens (tertiary/aromatic N) is 1. The van der Waals surface area contributed by atoms with Gasteiger partial charge in [0.25, 0.3) is 0 Å². The molecule has 0 amide bonds. The van der Waals surface area contributed by atoms with E-state index in [0.29, 0.717) is 6.04 Å². The van der Waals surface area contributed by atoms with E-state index in [-0.39, 0.29) is 0 Å². The van der Waals surface area contributed by atoms with Crippen LogP contribution in [0.1, 0.15) is 12.0 Å². The lowest BCUT2D eigenvalue weighted by molar-refractivity contribution is 0.302. The van der Waals surface area contributed by atoms with Crippen LogP contribution in [0.3, 0.4) is 0 Å². The zero-order chi connectivity index (χ0) is 10.5. The molecule has 1 aliphatic heterocycles. The molecular formula is C14H17N. The van der Waals surface area contributed by atoms with Crippen LogP contribution in [0.5, 0.6) is 0 Å². The Morgan fingerprint density at radius 1 is 1.20 bits per heavy atom. The first-order valence-corrected chi connectivity index (χ1v) is 5.45. The molecule has 1 heteroatoms. The second kappa shape index (κ2) is 4.94. The highest BCUT2D eigenvalue weighted by atomic mass is 15.1. The molecule has 0 aromatic heterocycles. The summed E-state index contributed by atoms with van der Waals surface area (Å²) in [5, 5.41) is 0. The molecule has 0 N–H and O–H groups in total. The summed E-state index contributed by atoms with van der Waals surface area (Å²) in [5.74, 6) is 0. The first-order valence-electron chi connectivity index (χ1n) is 5.45. The molecule has 1 aliphatic rings. The van der Waals surface area contributed by atoms with Crippen molar-refractivity contribution in [2.75, 3.05) is 13.6 Å². The van der Waals surface area contributed by atoms with Crippen LogP contribution in [0.15, 0.2) is 48.6 Å². The van der Waals surface area contributed by atoms with Gasteiger partial charge in [0.15, 0.2) is 0 Å². The Balaban J connectivity index is 2.02. The van der Waals surface area contributed by atoms with Crippen LogP contribution in [0.2, 0.25) is 0 Å². The van der Waals surface area contributed by atoms with Gasteiger partial charge in [-0.1, -0.05) is 54.6 Å². The summed E-state index contributed by atoms with van der Waals surface area (Å²) in [5.41, 5.74) is 1.28. The molecule has 1 nitrogen and oxygen atoms in total. The highest BCUT2D eigenvalue weighted by molar-refractivity contribution is 5.49. The van der Waals surface area contributed by atoms with Crippen molar-refractivity contribution in [1.29, 1.82) is 0 Å². The second-order valence-electron chi connectivity index (χ2n) is 3.98. The van der Waals surface area contributed by atoms with E-state index in [2.05, 4.69) is 60.5 Å². The van der Waals surface area contributed by atoms with E-state index in [1.807, 2.05) is 6.07 Å². The van der Waals surface area contributed by atoms with Crippen LogP contribution in [0.4, 0.5) is 0 Å². The van der Waals surface area contributed by atoms with Gasteiger partial charge in [-0.15, -0.1) is 0 Å². The summed E-state index contributed by atoms with van der Waals surface area (Å²) < 4.78 is 0. The zero-order valence-corrected chi connectivity index (χ0v) is 9.13. The van der Waals surface area contributed by atoms with E-state index in [1.54, 1.807) is 0 Å². The number of rotatable bonds is 2. The Morgan fingerprint density at radius 3 is 2.73 bits per heavy atom. The summed E-state index contributed by atoms with van der Waals surface area (Å²) in [6.07, 6.45) is 10.1. The molecule has 1 heterocycles. The van der Waals surface area contributed by atoms with Crippen molar-refractivity contribution in [1.82, 2.24) is 4.90 Å². The topological polar surface area (TPSA) is 3.24 Å². The minimum atomic E-state index is 0.551. The standard InChI is InChI=1S/C14H17N/c1-15-12-6-5-9-14(15)11-10-13-7-3-2-4-8-13/h2-8,10-11,14H,9,12H2,1H3/b11-10+/t14-/m1/s1. The number of likely N-dealkylation sites (N-methyl/N-ethyl adjacent to an activating group) is 1. The summed E-state index contributed by atoms with van der Waals surface area (Å²) in [4.78, 5) is 2.36. The molecule has 0 spiro atoms. The average Bonchev–Trinajstić information content (AvgIpc) is 2.29. The Kier molecular flexibility index (Phi) is 3.36. The lowest BCUT2D eigenvalue weighted by Gasteiger charge is -2.26. The lowest BCUT2D eigenvalue weighted by atomic mass is 10.1.